The zero-order chi connectivity index (χ0) is 13.8. The molecule has 0 saturated carbocycles. The molecule has 1 nitrogen and oxygen atoms in total. The zero-order valence-corrected chi connectivity index (χ0v) is 11.9. The minimum absolute atomic E-state index is 0.368. The zero-order valence-electron chi connectivity index (χ0n) is 11.1. The van der Waals surface area contributed by atoms with Crippen molar-refractivity contribution in [3.63, 3.8) is 0 Å². The number of anilines is 1. The molecule has 1 fully saturated rings. The molecule has 96 valence electrons. The van der Waals surface area contributed by atoms with Crippen molar-refractivity contribution in [2.45, 2.75) is 6.92 Å². The van der Waals surface area contributed by atoms with Crippen molar-refractivity contribution in [3.8, 4) is 12.3 Å². The summed E-state index contributed by atoms with van der Waals surface area (Å²) in [4.78, 5) is 2.38. The van der Waals surface area contributed by atoms with Crippen molar-refractivity contribution in [3.05, 3.63) is 58.4 Å². The lowest BCUT2D eigenvalue weighted by atomic mass is 10.0. The first kappa shape index (κ1) is 13.6. The first-order chi connectivity index (χ1) is 9.11. The standard InChI is InChI=1S/C17H17NS/c1-5-10-18-16-8-6-15(7-9-16)11-17-13(3)12(2)14(4)19-17/h1,6-9,11-12,18H,3-4,10H2,2H3/b17-11-. The van der Waals surface area contributed by atoms with Gasteiger partial charge in [0.1, 0.15) is 0 Å². The maximum Gasteiger partial charge on any atom is 0.0763 e. The van der Waals surface area contributed by atoms with Crippen LogP contribution in [0.5, 0.6) is 0 Å². The van der Waals surface area contributed by atoms with Crippen LogP contribution < -0.4 is 5.32 Å². The molecular weight excluding hydrogens is 250 g/mol. The quantitative estimate of drug-likeness (QED) is 0.808. The van der Waals surface area contributed by atoms with Gasteiger partial charge in [0.2, 0.25) is 0 Å². The highest BCUT2D eigenvalue weighted by molar-refractivity contribution is 8.07. The van der Waals surface area contributed by atoms with E-state index in [-0.39, 0.29) is 0 Å². The van der Waals surface area contributed by atoms with Gasteiger partial charge in [0.15, 0.2) is 0 Å². The molecule has 1 aliphatic rings. The first-order valence-electron chi connectivity index (χ1n) is 6.16. The fourth-order valence-electron chi connectivity index (χ4n) is 1.83. The monoisotopic (exact) mass is 267 g/mol. The van der Waals surface area contributed by atoms with Crippen molar-refractivity contribution in [2.24, 2.45) is 5.92 Å². The molecule has 0 aromatic heterocycles. The van der Waals surface area contributed by atoms with Crippen LogP contribution in [0.4, 0.5) is 5.69 Å². The molecule has 1 unspecified atom stereocenters. The number of allylic oxidation sites excluding steroid dienone is 2. The van der Waals surface area contributed by atoms with Crippen LogP contribution in [-0.2, 0) is 0 Å². The summed E-state index contributed by atoms with van der Waals surface area (Å²) in [6.45, 7) is 10.9. The van der Waals surface area contributed by atoms with E-state index in [0.29, 0.717) is 12.5 Å². The molecule has 0 spiro atoms. The fraction of sp³-hybridized carbons (Fsp3) is 0.176. The number of nitrogens with one attached hydrogen (secondary N) is 1. The summed E-state index contributed by atoms with van der Waals surface area (Å²) in [7, 11) is 0. The van der Waals surface area contributed by atoms with Gasteiger partial charge in [-0.3, -0.25) is 0 Å². The summed E-state index contributed by atoms with van der Waals surface area (Å²) in [5, 5.41) is 3.14. The van der Waals surface area contributed by atoms with E-state index in [1.807, 2.05) is 12.1 Å². The lowest BCUT2D eigenvalue weighted by Crippen LogP contribution is -1.97. The molecule has 0 radical (unpaired) electrons. The van der Waals surface area contributed by atoms with Crippen molar-refractivity contribution in [1.82, 2.24) is 0 Å². The highest BCUT2D eigenvalue weighted by Gasteiger charge is 2.24. The Kier molecular flexibility index (Phi) is 4.19. The first-order valence-corrected chi connectivity index (χ1v) is 6.98. The Labute approximate surface area is 119 Å². The minimum Gasteiger partial charge on any atom is -0.374 e. The number of hydrogen-bond acceptors (Lipinski definition) is 2. The van der Waals surface area contributed by atoms with Crippen molar-refractivity contribution >= 4 is 23.5 Å². The molecule has 0 bridgehead atoms. The Hall–Kier alpha value is -1.85. The lowest BCUT2D eigenvalue weighted by molar-refractivity contribution is 0.896. The molecule has 1 saturated heterocycles. The molecule has 0 aliphatic carbocycles. The Morgan fingerprint density at radius 3 is 2.58 bits per heavy atom. The Bertz CT molecular complexity index is 572. The van der Waals surface area contributed by atoms with Crippen LogP contribution in [0.25, 0.3) is 6.08 Å². The van der Waals surface area contributed by atoms with Crippen molar-refractivity contribution in [1.29, 1.82) is 0 Å². The van der Waals surface area contributed by atoms with Gasteiger partial charge in [0.25, 0.3) is 0 Å². The summed E-state index contributed by atoms with van der Waals surface area (Å²) >= 11 is 1.72. The maximum absolute atomic E-state index is 5.21. The summed E-state index contributed by atoms with van der Waals surface area (Å²) in [6, 6.07) is 8.21. The average molecular weight is 267 g/mol. The van der Waals surface area contributed by atoms with E-state index in [4.69, 9.17) is 6.42 Å². The van der Waals surface area contributed by atoms with Gasteiger partial charge in [-0.15, -0.1) is 6.42 Å². The summed E-state index contributed by atoms with van der Waals surface area (Å²) < 4.78 is 0. The van der Waals surface area contributed by atoms with Gasteiger partial charge in [-0.25, -0.2) is 0 Å². The van der Waals surface area contributed by atoms with E-state index in [1.165, 1.54) is 9.81 Å². The molecule has 0 amide bonds. The van der Waals surface area contributed by atoms with Crippen molar-refractivity contribution < 1.29 is 0 Å². The van der Waals surface area contributed by atoms with Gasteiger partial charge < -0.3 is 5.32 Å². The largest absolute Gasteiger partial charge is 0.374 e. The highest BCUT2D eigenvalue weighted by atomic mass is 32.2. The van der Waals surface area contributed by atoms with Gasteiger partial charge in [-0.1, -0.05) is 49.9 Å². The van der Waals surface area contributed by atoms with E-state index >= 15 is 0 Å². The van der Waals surface area contributed by atoms with Crippen LogP contribution in [0.1, 0.15) is 12.5 Å². The maximum atomic E-state index is 5.21. The predicted octanol–water partition coefficient (Wildman–Crippen LogP) is 4.53. The number of terminal acetylenes is 1. The third-order valence-corrected chi connectivity index (χ3v) is 4.38. The minimum atomic E-state index is 0.368. The Morgan fingerprint density at radius 2 is 2.05 bits per heavy atom. The van der Waals surface area contributed by atoms with Crippen LogP contribution in [0.2, 0.25) is 0 Å². The molecule has 2 rings (SSSR count). The molecule has 1 aromatic carbocycles. The normalized spacial score (nSPS) is 20.6. The third-order valence-electron chi connectivity index (χ3n) is 3.17. The van der Waals surface area contributed by atoms with Crippen LogP contribution in [0, 0.1) is 18.3 Å². The number of hydrogen-bond donors (Lipinski definition) is 1. The molecule has 1 atom stereocenters. The van der Waals surface area contributed by atoms with E-state index in [9.17, 15) is 0 Å². The molecular formula is C17H17NS. The van der Waals surface area contributed by atoms with Gasteiger partial charge >= 0.3 is 0 Å². The summed E-state index contributed by atoms with van der Waals surface area (Å²) in [6.07, 6.45) is 7.37. The molecule has 1 aliphatic heterocycles. The second-order valence-corrected chi connectivity index (χ2v) is 5.67. The molecule has 19 heavy (non-hydrogen) atoms. The van der Waals surface area contributed by atoms with Crippen LogP contribution in [-0.4, -0.2) is 6.54 Å². The average Bonchev–Trinajstić information content (AvgIpc) is 2.66. The van der Waals surface area contributed by atoms with E-state index < -0.39 is 0 Å². The lowest BCUT2D eigenvalue weighted by Gasteiger charge is -2.04. The number of benzene rings is 1. The Morgan fingerprint density at radius 1 is 1.37 bits per heavy atom. The summed E-state index contributed by atoms with van der Waals surface area (Å²) in [5.74, 6) is 2.93. The topological polar surface area (TPSA) is 12.0 Å². The number of thioether (sulfide) groups is 1. The molecule has 1 heterocycles. The van der Waals surface area contributed by atoms with Crippen molar-refractivity contribution in [2.75, 3.05) is 11.9 Å². The summed E-state index contributed by atoms with van der Waals surface area (Å²) in [5.41, 5.74) is 3.36. The fourth-order valence-corrected chi connectivity index (χ4v) is 2.93. The smallest absolute Gasteiger partial charge is 0.0763 e. The predicted molar refractivity (Wildman–Crippen MR) is 86.8 cm³/mol. The van der Waals surface area contributed by atoms with E-state index in [1.54, 1.807) is 11.8 Å². The highest BCUT2D eigenvalue weighted by Crippen LogP contribution is 2.47. The number of rotatable bonds is 3. The Balaban J connectivity index is 2.14. The third kappa shape index (κ3) is 3.13. The molecule has 2 heteroatoms. The van der Waals surface area contributed by atoms with Gasteiger partial charge in [-0.2, -0.15) is 0 Å². The second kappa shape index (κ2) is 5.86. The van der Waals surface area contributed by atoms with Gasteiger partial charge in [0, 0.05) is 16.5 Å². The molecule has 1 aromatic rings. The van der Waals surface area contributed by atoms with E-state index in [0.717, 1.165) is 16.8 Å². The second-order valence-electron chi connectivity index (χ2n) is 4.50. The van der Waals surface area contributed by atoms with Crippen LogP contribution >= 0.6 is 11.8 Å². The van der Waals surface area contributed by atoms with Crippen LogP contribution in [0.3, 0.4) is 0 Å². The molecule has 1 N–H and O–H groups in total. The van der Waals surface area contributed by atoms with Gasteiger partial charge in [0.05, 0.1) is 6.54 Å². The van der Waals surface area contributed by atoms with Gasteiger partial charge in [-0.05, 0) is 34.3 Å². The van der Waals surface area contributed by atoms with E-state index in [2.05, 4.69) is 49.5 Å². The SMILES string of the molecule is C#CCNc1ccc(/C=C2\SC(=C)C(C)C2=C)cc1. The van der Waals surface area contributed by atoms with Crippen LogP contribution in [0.15, 0.2) is 52.8 Å².